The molecule has 2 rings (SSSR count). The van der Waals surface area contributed by atoms with Crippen LogP contribution in [0.1, 0.15) is 24.6 Å². The second-order valence-electron chi connectivity index (χ2n) is 4.02. The summed E-state index contributed by atoms with van der Waals surface area (Å²) in [6, 6.07) is 10.2. The number of hydrogen-bond acceptors (Lipinski definition) is 2. The van der Waals surface area contributed by atoms with Crippen LogP contribution in [0.4, 0.5) is 0 Å². The van der Waals surface area contributed by atoms with Gasteiger partial charge in [0.05, 0.1) is 4.88 Å². The van der Waals surface area contributed by atoms with Gasteiger partial charge in [-0.15, -0.1) is 0 Å². The summed E-state index contributed by atoms with van der Waals surface area (Å²) in [7, 11) is 0. The lowest BCUT2D eigenvalue weighted by Gasteiger charge is -1.94. The standard InChI is InChI=1S/C14H17NOS.ClH/c1-3-4-10-15-14-16-13(11(2)17-14)12-8-6-5-7-9-12;/h5-9H,3-4,10H2,1-2H3;1H. The van der Waals surface area contributed by atoms with E-state index in [0.29, 0.717) is 0 Å². The lowest BCUT2D eigenvalue weighted by molar-refractivity contribution is -0.508. The van der Waals surface area contributed by atoms with Gasteiger partial charge >= 0.3 is 4.87 Å². The maximum atomic E-state index is 5.85. The van der Waals surface area contributed by atoms with E-state index in [4.69, 9.17) is 4.42 Å². The first kappa shape index (κ1) is 15.0. The monoisotopic (exact) mass is 283 g/mol. The van der Waals surface area contributed by atoms with Gasteiger partial charge in [0.25, 0.3) is 0 Å². The van der Waals surface area contributed by atoms with Gasteiger partial charge in [0.2, 0.25) is 0 Å². The predicted molar refractivity (Wildman–Crippen MR) is 70.6 cm³/mol. The molecule has 0 bridgehead atoms. The van der Waals surface area contributed by atoms with Crippen molar-refractivity contribution in [2.45, 2.75) is 26.7 Å². The van der Waals surface area contributed by atoms with Crippen molar-refractivity contribution in [2.75, 3.05) is 6.54 Å². The summed E-state index contributed by atoms with van der Waals surface area (Å²) in [6.45, 7) is 5.27. The first-order valence-electron chi connectivity index (χ1n) is 6.04. The summed E-state index contributed by atoms with van der Waals surface area (Å²) in [5.41, 5.74) is 1.14. The molecule has 0 fully saturated rings. The molecule has 1 aromatic carbocycles. The minimum atomic E-state index is 0. The lowest BCUT2D eigenvalue weighted by Crippen LogP contribution is -3.00. The molecule has 4 heteroatoms. The van der Waals surface area contributed by atoms with Crippen molar-refractivity contribution >= 4 is 11.3 Å². The summed E-state index contributed by atoms with van der Waals surface area (Å²) >= 11 is 1.68. The van der Waals surface area contributed by atoms with Gasteiger partial charge in [-0.3, -0.25) is 0 Å². The highest BCUT2D eigenvalue weighted by Gasteiger charge is 2.09. The molecule has 0 atom stereocenters. The normalized spacial score (nSPS) is 11.3. The molecule has 98 valence electrons. The third-order valence-electron chi connectivity index (χ3n) is 2.60. The Balaban J connectivity index is 0.00000162. The molecule has 2 nitrogen and oxygen atoms in total. The highest BCUT2D eigenvalue weighted by atomic mass is 35.5. The summed E-state index contributed by atoms with van der Waals surface area (Å²) < 4.78 is 5.85. The van der Waals surface area contributed by atoms with Crippen LogP contribution >= 0.6 is 11.3 Å². The summed E-state index contributed by atoms with van der Waals surface area (Å²) in [6.07, 6.45) is 2.37. The summed E-state index contributed by atoms with van der Waals surface area (Å²) in [4.78, 5) is 5.46. The molecular weight excluding hydrogens is 266 g/mol. The average Bonchev–Trinajstić information content (AvgIpc) is 2.72. The number of nitrogens with one attached hydrogen (secondary N) is 1. The van der Waals surface area contributed by atoms with Crippen LogP contribution in [0.2, 0.25) is 0 Å². The van der Waals surface area contributed by atoms with E-state index in [1.807, 2.05) is 18.2 Å². The zero-order valence-electron chi connectivity index (χ0n) is 10.7. The largest absolute Gasteiger partial charge is 1.00 e. The second-order valence-corrected chi connectivity index (χ2v) is 5.21. The molecule has 0 aliphatic carbocycles. The van der Waals surface area contributed by atoms with Gasteiger partial charge in [-0.05, 0) is 18.3 Å². The Kier molecular flexibility index (Phi) is 6.16. The smallest absolute Gasteiger partial charge is 0.428 e. The van der Waals surface area contributed by atoms with Gasteiger partial charge in [-0.25, -0.2) is 4.99 Å². The SMILES string of the molecule is CCCC[NH+]=c1oc(-c2ccccc2)c(C)s1.[Cl-]. The van der Waals surface area contributed by atoms with Gasteiger partial charge in [-0.2, -0.15) is 0 Å². The van der Waals surface area contributed by atoms with E-state index < -0.39 is 0 Å². The minimum absolute atomic E-state index is 0. The molecule has 0 unspecified atom stereocenters. The number of hydrogen-bond donors (Lipinski definition) is 1. The molecule has 0 radical (unpaired) electrons. The van der Waals surface area contributed by atoms with Crippen molar-refractivity contribution < 1.29 is 21.8 Å². The quantitative estimate of drug-likeness (QED) is 0.724. The van der Waals surface area contributed by atoms with Gasteiger partial charge < -0.3 is 16.8 Å². The summed E-state index contributed by atoms with van der Waals surface area (Å²) in [5.74, 6) is 0.981. The van der Waals surface area contributed by atoms with Gasteiger partial charge in [0.1, 0.15) is 6.54 Å². The molecule has 0 spiro atoms. The molecule has 18 heavy (non-hydrogen) atoms. The van der Waals surface area contributed by atoms with Gasteiger partial charge in [0.15, 0.2) is 5.76 Å². The third-order valence-corrected chi connectivity index (χ3v) is 3.50. The van der Waals surface area contributed by atoms with Crippen LogP contribution in [0.5, 0.6) is 0 Å². The Morgan fingerprint density at radius 1 is 1.22 bits per heavy atom. The van der Waals surface area contributed by atoms with E-state index in [-0.39, 0.29) is 12.4 Å². The van der Waals surface area contributed by atoms with Crippen molar-refractivity contribution in [3.05, 3.63) is 40.1 Å². The fourth-order valence-electron chi connectivity index (χ4n) is 1.66. The van der Waals surface area contributed by atoms with Crippen molar-refractivity contribution in [1.82, 2.24) is 0 Å². The fraction of sp³-hybridized carbons (Fsp3) is 0.357. The van der Waals surface area contributed by atoms with Crippen LogP contribution in [0.3, 0.4) is 0 Å². The molecule has 1 aromatic heterocycles. The number of rotatable bonds is 4. The Morgan fingerprint density at radius 3 is 2.61 bits per heavy atom. The molecule has 0 saturated carbocycles. The molecular formula is C14H18ClNOS. The Labute approximate surface area is 118 Å². The van der Waals surface area contributed by atoms with Crippen molar-refractivity contribution in [3.63, 3.8) is 0 Å². The zero-order chi connectivity index (χ0) is 12.1. The topological polar surface area (TPSA) is 27.1 Å². The molecule has 0 amide bonds. The van der Waals surface area contributed by atoms with E-state index in [9.17, 15) is 0 Å². The molecule has 0 aliphatic rings. The maximum absolute atomic E-state index is 5.85. The average molecular weight is 284 g/mol. The van der Waals surface area contributed by atoms with Gasteiger partial charge in [0, 0.05) is 12.0 Å². The predicted octanol–water partition coefficient (Wildman–Crippen LogP) is -0.898. The fourth-order valence-corrected chi connectivity index (χ4v) is 2.49. The molecule has 2 aromatic rings. The first-order chi connectivity index (χ1) is 8.31. The minimum Gasteiger partial charge on any atom is -1.00 e. The Hall–Kier alpha value is -1.06. The third kappa shape index (κ3) is 3.72. The Morgan fingerprint density at radius 2 is 1.94 bits per heavy atom. The van der Waals surface area contributed by atoms with Crippen molar-refractivity contribution in [1.29, 1.82) is 0 Å². The zero-order valence-corrected chi connectivity index (χ0v) is 12.3. The van der Waals surface area contributed by atoms with Crippen LogP contribution in [0.25, 0.3) is 11.3 Å². The van der Waals surface area contributed by atoms with Crippen molar-refractivity contribution in [3.8, 4) is 11.3 Å². The van der Waals surface area contributed by atoms with E-state index in [1.54, 1.807) is 11.3 Å². The number of halogens is 1. The van der Waals surface area contributed by atoms with E-state index in [0.717, 1.165) is 22.7 Å². The lowest BCUT2D eigenvalue weighted by atomic mass is 10.2. The van der Waals surface area contributed by atoms with E-state index >= 15 is 0 Å². The van der Waals surface area contributed by atoms with E-state index in [2.05, 4.69) is 31.0 Å². The highest BCUT2D eigenvalue weighted by molar-refractivity contribution is 7.09. The maximum Gasteiger partial charge on any atom is 0.428 e. The van der Waals surface area contributed by atoms with Gasteiger partial charge in [-0.1, -0.05) is 43.7 Å². The Bertz CT molecular complexity index is 530. The first-order valence-corrected chi connectivity index (χ1v) is 6.85. The highest BCUT2D eigenvalue weighted by Crippen LogP contribution is 2.23. The molecule has 0 aliphatic heterocycles. The van der Waals surface area contributed by atoms with Crippen molar-refractivity contribution in [2.24, 2.45) is 0 Å². The van der Waals surface area contributed by atoms with Crippen LogP contribution in [-0.2, 0) is 0 Å². The van der Waals surface area contributed by atoms with Crippen LogP contribution in [0, 0.1) is 6.92 Å². The number of unbranched alkanes of at least 4 members (excludes halogenated alkanes) is 1. The molecule has 1 heterocycles. The van der Waals surface area contributed by atoms with Crippen LogP contribution in [-0.4, -0.2) is 6.54 Å². The van der Waals surface area contributed by atoms with Crippen LogP contribution in [0.15, 0.2) is 34.7 Å². The molecule has 1 N–H and O–H groups in total. The number of benzene rings is 1. The molecule has 0 saturated heterocycles. The number of aryl methyl sites for hydroxylation is 1. The summed E-state index contributed by atoms with van der Waals surface area (Å²) in [5, 5.41) is 0. The van der Waals surface area contributed by atoms with E-state index in [1.165, 1.54) is 17.7 Å². The van der Waals surface area contributed by atoms with Crippen LogP contribution < -0.4 is 22.3 Å². The second kappa shape index (κ2) is 7.39.